The Morgan fingerprint density at radius 2 is 1.84 bits per heavy atom. The van der Waals surface area contributed by atoms with Gasteiger partial charge in [-0.15, -0.1) is 11.3 Å². The Kier molecular flexibility index (Phi) is 5.27. The van der Waals surface area contributed by atoms with Crippen LogP contribution in [0, 0.1) is 6.92 Å². The van der Waals surface area contributed by atoms with Gasteiger partial charge in [0.05, 0.1) is 5.75 Å². The van der Waals surface area contributed by atoms with Crippen LogP contribution in [-0.2, 0) is 17.6 Å². The molecule has 1 aliphatic carbocycles. The molecule has 0 aromatic carbocycles. The maximum Gasteiger partial charge on any atom is 0.232 e. The maximum atomic E-state index is 12.6. The van der Waals surface area contributed by atoms with E-state index in [1.165, 1.54) is 47.9 Å². The van der Waals surface area contributed by atoms with E-state index in [0.717, 1.165) is 48.0 Å². The highest BCUT2D eigenvalue weighted by Crippen LogP contribution is 2.39. The number of amides is 1. The van der Waals surface area contributed by atoms with E-state index in [0.29, 0.717) is 5.75 Å². The summed E-state index contributed by atoms with van der Waals surface area (Å²) in [6.07, 6.45) is 9.64. The lowest BCUT2D eigenvalue weighted by Gasteiger charge is -2.20. The summed E-state index contributed by atoms with van der Waals surface area (Å²) in [7, 11) is 0. The lowest BCUT2D eigenvalue weighted by Crippen LogP contribution is -2.33. The van der Waals surface area contributed by atoms with Gasteiger partial charge < -0.3 is 4.90 Å². The largest absolute Gasteiger partial charge is 0.342 e. The molecular weight excluding hydrogens is 350 g/mol. The Labute approximate surface area is 157 Å². The Morgan fingerprint density at radius 3 is 2.64 bits per heavy atom. The second-order valence-corrected chi connectivity index (χ2v) is 9.10. The molecule has 0 bridgehead atoms. The van der Waals surface area contributed by atoms with Crippen LogP contribution in [0.1, 0.15) is 54.8 Å². The van der Waals surface area contributed by atoms with Gasteiger partial charge in [-0.3, -0.25) is 4.79 Å². The van der Waals surface area contributed by atoms with Crippen LogP contribution in [0.2, 0.25) is 0 Å². The first-order chi connectivity index (χ1) is 12.2. The van der Waals surface area contributed by atoms with Gasteiger partial charge in [-0.1, -0.05) is 24.6 Å². The molecule has 4 nitrogen and oxygen atoms in total. The number of carbonyl (C=O) groups is 1. The minimum Gasteiger partial charge on any atom is -0.342 e. The van der Waals surface area contributed by atoms with E-state index in [4.69, 9.17) is 4.98 Å². The van der Waals surface area contributed by atoms with Crippen molar-refractivity contribution in [2.24, 2.45) is 0 Å². The molecule has 3 heterocycles. The number of hydrogen-bond donors (Lipinski definition) is 0. The van der Waals surface area contributed by atoms with Crippen molar-refractivity contribution in [2.45, 2.75) is 63.3 Å². The highest BCUT2D eigenvalue weighted by Gasteiger charge is 2.22. The van der Waals surface area contributed by atoms with Crippen LogP contribution in [0.5, 0.6) is 0 Å². The Morgan fingerprint density at radius 1 is 1.08 bits per heavy atom. The van der Waals surface area contributed by atoms with E-state index in [2.05, 4.69) is 4.98 Å². The van der Waals surface area contributed by atoms with Crippen molar-refractivity contribution in [3.05, 3.63) is 16.3 Å². The lowest BCUT2D eigenvalue weighted by atomic mass is 9.97. The summed E-state index contributed by atoms with van der Waals surface area (Å²) in [6.45, 7) is 3.80. The normalized spacial score (nSPS) is 18.2. The standard InChI is InChI=1S/C19H25N3OS2/c1-13-20-18(24-12-16(23)22-10-6-2-3-7-11-22)17-14-8-4-5-9-15(14)25-19(17)21-13/h2-12H2,1H3. The molecular formula is C19H25N3OS2. The average Bonchev–Trinajstić information content (AvgIpc) is 2.79. The summed E-state index contributed by atoms with van der Waals surface area (Å²) in [5.41, 5.74) is 1.45. The van der Waals surface area contributed by atoms with E-state index >= 15 is 0 Å². The molecule has 25 heavy (non-hydrogen) atoms. The molecule has 0 unspecified atom stereocenters. The number of nitrogens with zero attached hydrogens (tertiary/aromatic N) is 3. The Bertz CT molecular complexity index is 779. The third-order valence-electron chi connectivity index (χ3n) is 5.18. The van der Waals surface area contributed by atoms with Crippen molar-refractivity contribution in [2.75, 3.05) is 18.8 Å². The Hall–Kier alpha value is -1.14. The average molecular weight is 376 g/mol. The fourth-order valence-electron chi connectivity index (χ4n) is 3.87. The Balaban J connectivity index is 1.56. The highest BCUT2D eigenvalue weighted by molar-refractivity contribution is 8.00. The van der Waals surface area contributed by atoms with Gasteiger partial charge in [0.15, 0.2) is 0 Å². The van der Waals surface area contributed by atoms with Crippen molar-refractivity contribution >= 4 is 39.2 Å². The first kappa shape index (κ1) is 17.3. The molecule has 1 aliphatic heterocycles. The molecule has 2 aliphatic rings. The summed E-state index contributed by atoms with van der Waals surface area (Å²) in [6, 6.07) is 0. The van der Waals surface area contributed by atoms with Gasteiger partial charge >= 0.3 is 0 Å². The van der Waals surface area contributed by atoms with Crippen LogP contribution < -0.4 is 0 Å². The molecule has 0 N–H and O–H groups in total. The topological polar surface area (TPSA) is 46.1 Å². The van der Waals surface area contributed by atoms with Gasteiger partial charge in [-0.05, 0) is 51.0 Å². The number of likely N-dealkylation sites (tertiary alicyclic amines) is 1. The quantitative estimate of drug-likeness (QED) is 0.590. The number of carbonyl (C=O) groups excluding carboxylic acids is 1. The van der Waals surface area contributed by atoms with Crippen LogP contribution in [0.3, 0.4) is 0 Å². The van der Waals surface area contributed by atoms with E-state index in [1.54, 1.807) is 11.8 Å². The number of rotatable bonds is 3. The molecule has 2 aromatic heterocycles. The molecule has 0 radical (unpaired) electrons. The monoisotopic (exact) mass is 375 g/mol. The van der Waals surface area contributed by atoms with Gasteiger partial charge in [0, 0.05) is 23.4 Å². The lowest BCUT2D eigenvalue weighted by molar-refractivity contribution is -0.128. The summed E-state index contributed by atoms with van der Waals surface area (Å²) < 4.78 is 0. The molecule has 4 rings (SSSR count). The van der Waals surface area contributed by atoms with Crippen molar-refractivity contribution in [3.8, 4) is 0 Å². The van der Waals surface area contributed by atoms with Crippen molar-refractivity contribution in [1.29, 1.82) is 0 Å². The molecule has 0 saturated carbocycles. The third kappa shape index (κ3) is 3.70. The molecule has 1 saturated heterocycles. The van der Waals surface area contributed by atoms with Gasteiger partial charge in [0.25, 0.3) is 0 Å². The molecule has 6 heteroatoms. The smallest absolute Gasteiger partial charge is 0.232 e. The van der Waals surface area contributed by atoms with Crippen molar-refractivity contribution < 1.29 is 4.79 Å². The van der Waals surface area contributed by atoms with Crippen LogP contribution in [0.25, 0.3) is 10.2 Å². The third-order valence-corrected chi connectivity index (χ3v) is 7.33. The zero-order valence-corrected chi connectivity index (χ0v) is 16.5. The zero-order chi connectivity index (χ0) is 17.2. The van der Waals surface area contributed by atoms with Crippen LogP contribution in [0.15, 0.2) is 5.03 Å². The van der Waals surface area contributed by atoms with Crippen molar-refractivity contribution in [3.63, 3.8) is 0 Å². The molecule has 0 spiro atoms. The molecule has 1 amide bonds. The first-order valence-electron chi connectivity index (χ1n) is 9.42. The predicted octanol–water partition coefficient (Wildman–Crippen LogP) is 4.37. The summed E-state index contributed by atoms with van der Waals surface area (Å²) >= 11 is 3.45. The number of thiophene rings is 1. The SMILES string of the molecule is Cc1nc(SCC(=O)N2CCCCCC2)c2c3c(sc2n1)CCCC3. The number of aryl methyl sites for hydroxylation is 3. The second-order valence-electron chi connectivity index (χ2n) is 7.05. The van der Waals surface area contributed by atoms with Gasteiger partial charge in [-0.25, -0.2) is 9.97 Å². The number of hydrogen-bond acceptors (Lipinski definition) is 5. The van der Waals surface area contributed by atoms with Gasteiger partial charge in [0.1, 0.15) is 15.7 Å². The minimum atomic E-state index is 0.264. The van der Waals surface area contributed by atoms with E-state index < -0.39 is 0 Å². The van der Waals surface area contributed by atoms with E-state index in [-0.39, 0.29) is 5.91 Å². The molecule has 1 fully saturated rings. The highest BCUT2D eigenvalue weighted by atomic mass is 32.2. The molecule has 0 atom stereocenters. The minimum absolute atomic E-state index is 0.264. The first-order valence-corrected chi connectivity index (χ1v) is 11.2. The number of aromatic nitrogens is 2. The summed E-state index contributed by atoms with van der Waals surface area (Å²) in [4.78, 5) is 26.7. The fourth-order valence-corrected chi connectivity index (χ4v) is 6.25. The van der Waals surface area contributed by atoms with E-state index in [9.17, 15) is 4.79 Å². The van der Waals surface area contributed by atoms with Gasteiger partial charge in [0.2, 0.25) is 5.91 Å². The molecule has 134 valence electrons. The number of fused-ring (bicyclic) bond motifs is 3. The van der Waals surface area contributed by atoms with Crippen LogP contribution in [0.4, 0.5) is 0 Å². The number of thioether (sulfide) groups is 1. The molecule has 2 aromatic rings. The van der Waals surface area contributed by atoms with Crippen molar-refractivity contribution in [1.82, 2.24) is 14.9 Å². The zero-order valence-electron chi connectivity index (χ0n) is 14.8. The summed E-state index contributed by atoms with van der Waals surface area (Å²) in [5.74, 6) is 1.58. The second kappa shape index (κ2) is 7.62. The van der Waals surface area contributed by atoms with Crippen LogP contribution in [-0.4, -0.2) is 39.6 Å². The maximum absolute atomic E-state index is 12.6. The summed E-state index contributed by atoms with van der Waals surface area (Å²) in [5, 5.41) is 2.25. The van der Waals surface area contributed by atoms with E-state index in [1.807, 2.05) is 23.2 Å². The predicted molar refractivity (Wildman–Crippen MR) is 105 cm³/mol. The fraction of sp³-hybridized carbons (Fsp3) is 0.632. The van der Waals surface area contributed by atoms with Gasteiger partial charge in [-0.2, -0.15) is 0 Å². The van der Waals surface area contributed by atoms with Crippen LogP contribution >= 0.6 is 23.1 Å².